The predicted octanol–water partition coefficient (Wildman–Crippen LogP) is 5.23. The molecule has 0 bridgehead atoms. The van der Waals surface area contributed by atoms with E-state index in [1.807, 2.05) is 26.0 Å². The number of hydrogen-bond acceptors (Lipinski definition) is 6. The van der Waals surface area contributed by atoms with Crippen LogP contribution in [0.5, 0.6) is 0 Å². The first-order valence-corrected chi connectivity index (χ1v) is 9.82. The smallest absolute Gasteiger partial charge is 0.292 e. The summed E-state index contributed by atoms with van der Waals surface area (Å²) in [5.41, 5.74) is 3.75. The fourth-order valence-electron chi connectivity index (χ4n) is 2.52. The molecular weight excluding hydrogens is 425 g/mol. The highest BCUT2D eigenvalue weighted by atomic mass is 35.5. The van der Waals surface area contributed by atoms with E-state index < -0.39 is 0 Å². The Morgan fingerprint density at radius 3 is 2.48 bits per heavy atom. The number of carbonyl (C=O) groups is 1. The van der Waals surface area contributed by atoms with Gasteiger partial charge in [0.1, 0.15) is 18.1 Å². The van der Waals surface area contributed by atoms with Gasteiger partial charge >= 0.3 is 0 Å². The molecule has 8 heteroatoms. The summed E-state index contributed by atoms with van der Waals surface area (Å²) in [7, 11) is 2.90. The van der Waals surface area contributed by atoms with E-state index >= 15 is 0 Å². The van der Waals surface area contributed by atoms with E-state index in [-0.39, 0.29) is 19.0 Å². The van der Waals surface area contributed by atoms with Gasteiger partial charge in [-0.25, -0.2) is 4.39 Å². The molecule has 0 aliphatic carbocycles. The Hall–Kier alpha value is -2.90. The number of ether oxygens (including phenoxy) is 3. The molecule has 0 saturated carbocycles. The van der Waals surface area contributed by atoms with Crippen molar-refractivity contribution in [1.82, 2.24) is 0 Å². The Labute approximate surface area is 187 Å². The molecule has 2 aromatic rings. The van der Waals surface area contributed by atoms with Crippen LogP contribution in [-0.2, 0) is 30.4 Å². The second-order valence-corrected chi connectivity index (χ2v) is 6.50. The Bertz CT molecular complexity index is 886. The third-order valence-corrected chi connectivity index (χ3v) is 4.27. The van der Waals surface area contributed by atoms with Crippen molar-refractivity contribution in [2.45, 2.75) is 20.5 Å². The van der Waals surface area contributed by atoms with Crippen LogP contribution < -0.4 is 0 Å². The second-order valence-electron chi connectivity index (χ2n) is 6.09. The Kier molecular flexibility index (Phi) is 12.6. The maximum atomic E-state index is 13.5. The maximum Gasteiger partial charge on any atom is 0.292 e. The minimum absolute atomic E-state index is 0.162. The van der Waals surface area contributed by atoms with Crippen LogP contribution in [0.2, 0.25) is 5.02 Å². The molecule has 168 valence electrons. The molecule has 0 spiro atoms. The first kappa shape index (κ1) is 26.1. The van der Waals surface area contributed by atoms with Crippen LogP contribution in [-0.4, -0.2) is 39.6 Å². The van der Waals surface area contributed by atoms with Crippen molar-refractivity contribution in [2.24, 2.45) is 5.16 Å². The van der Waals surface area contributed by atoms with Crippen molar-refractivity contribution < 1.29 is 28.2 Å². The number of nitrogens with zero attached hydrogens (tertiary/aromatic N) is 1. The molecular formula is C23H27ClFNO5. The highest BCUT2D eigenvalue weighted by Crippen LogP contribution is 2.26. The van der Waals surface area contributed by atoms with Gasteiger partial charge in [-0.2, -0.15) is 0 Å². The topological polar surface area (TPSA) is 66.3 Å². The minimum Gasteiger partial charge on any atom is -0.504 e. The predicted molar refractivity (Wildman–Crippen MR) is 119 cm³/mol. The molecule has 0 atom stereocenters. The zero-order valence-corrected chi connectivity index (χ0v) is 18.8. The molecule has 6 nitrogen and oxygen atoms in total. The van der Waals surface area contributed by atoms with Crippen LogP contribution in [0.15, 0.2) is 53.9 Å². The molecule has 31 heavy (non-hydrogen) atoms. The normalized spacial score (nSPS) is 11.3. The molecule has 0 fully saturated rings. The van der Waals surface area contributed by atoms with Crippen LogP contribution in [0.25, 0.3) is 5.57 Å². The average Bonchev–Trinajstić information content (AvgIpc) is 2.77. The van der Waals surface area contributed by atoms with Crippen molar-refractivity contribution in [3.63, 3.8) is 0 Å². The molecule has 0 amide bonds. The van der Waals surface area contributed by atoms with E-state index in [1.165, 1.54) is 19.2 Å². The van der Waals surface area contributed by atoms with Gasteiger partial charge in [-0.15, -0.1) is 0 Å². The summed E-state index contributed by atoms with van der Waals surface area (Å²) in [5.74, 6) is -0.342. The largest absolute Gasteiger partial charge is 0.504 e. The van der Waals surface area contributed by atoms with Crippen LogP contribution >= 0.6 is 11.6 Å². The first-order valence-electron chi connectivity index (χ1n) is 9.44. The third kappa shape index (κ3) is 9.19. The summed E-state index contributed by atoms with van der Waals surface area (Å²) < 4.78 is 27.9. The lowest BCUT2D eigenvalue weighted by atomic mass is 10.0. The highest BCUT2D eigenvalue weighted by molar-refractivity contribution is 6.31. The highest BCUT2D eigenvalue weighted by Gasteiger charge is 2.11. The molecule has 2 rings (SSSR count). The Morgan fingerprint density at radius 2 is 1.87 bits per heavy atom. The lowest BCUT2D eigenvalue weighted by Crippen LogP contribution is -2.12. The number of hydrogen-bond donors (Lipinski definition) is 0. The van der Waals surface area contributed by atoms with Gasteiger partial charge in [0.15, 0.2) is 0 Å². The van der Waals surface area contributed by atoms with Crippen molar-refractivity contribution in [3.05, 3.63) is 76.3 Å². The Balaban J connectivity index is 0.00000110. The summed E-state index contributed by atoms with van der Waals surface area (Å²) in [4.78, 5) is 14.5. The summed E-state index contributed by atoms with van der Waals surface area (Å²) in [6.07, 6.45) is 1.64. The fraction of sp³-hybridized carbons (Fsp3) is 0.304. The van der Waals surface area contributed by atoms with Gasteiger partial charge in [0.2, 0.25) is 0 Å². The number of halogens is 2. The SMILES string of the molecule is CCOC/C(=N\OCc1c(Cl)cccc1/C(C)=C\OC)c1cccc(F)c1.COC=O. The van der Waals surface area contributed by atoms with Crippen LogP contribution in [0, 0.1) is 5.82 Å². The van der Waals surface area contributed by atoms with Gasteiger partial charge in [0.25, 0.3) is 6.47 Å². The van der Waals surface area contributed by atoms with E-state index in [0.717, 1.165) is 16.7 Å². The zero-order chi connectivity index (χ0) is 23.1. The summed E-state index contributed by atoms with van der Waals surface area (Å²) >= 11 is 6.34. The number of oxime groups is 1. The van der Waals surface area contributed by atoms with Crippen LogP contribution in [0.3, 0.4) is 0 Å². The third-order valence-electron chi connectivity index (χ3n) is 3.92. The summed E-state index contributed by atoms with van der Waals surface area (Å²) in [6, 6.07) is 11.8. The van der Waals surface area contributed by atoms with Gasteiger partial charge in [-0.05, 0) is 43.2 Å². The van der Waals surface area contributed by atoms with Gasteiger partial charge in [0, 0.05) is 22.8 Å². The number of allylic oxidation sites excluding steroid dienone is 1. The van der Waals surface area contributed by atoms with Crippen molar-refractivity contribution in [2.75, 3.05) is 27.4 Å². The van der Waals surface area contributed by atoms with Gasteiger partial charge in [-0.3, -0.25) is 4.79 Å². The maximum absolute atomic E-state index is 13.5. The molecule has 0 saturated heterocycles. The summed E-state index contributed by atoms with van der Waals surface area (Å²) in [6.45, 7) is 5.08. The molecule has 0 heterocycles. The standard InChI is InChI=1S/C21H23ClFNO3.C2H4O2/c1-4-26-14-21(16-7-5-8-17(23)11-16)24-27-13-19-18(15(2)12-25-3)9-6-10-20(19)22;1-4-2-3/h5-12H,4,13-14H2,1-3H3;2H,1H3/b15-12-,24-21+;. The van der Waals surface area contributed by atoms with Gasteiger partial charge in [0.05, 0.1) is 27.1 Å². The molecule has 0 radical (unpaired) electrons. The Morgan fingerprint density at radius 1 is 1.16 bits per heavy atom. The fourth-order valence-corrected chi connectivity index (χ4v) is 2.75. The first-order chi connectivity index (χ1) is 15.0. The van der Waals surface area contributed by atoms with E-state index in [4.69, 9.17) is 30.7 Å². The van der Waals surface area contributed by atoms with Crippen LogP contribution in [0.1, 0.15) is 30.5 Å². The molecule has 2 aromatic carbocycles. The molecule has 0 unspecified atom stereocenters. The van der Waals surface area contributed by atoms with Crippen molar-refractivity contribution >= 4 is 29.4 Å². The summed E-state index contributed by atoms with van der Waals surface area (Å²) in [5, 5.41) is 4.74. The van der Waals surface area contributed by atoms with E-state index in [2.05, 4.69) is 9.89 Å². The number of rotatable bonds is 10. The molecule has 0 aliphatic heterocycles. The number of methoxy groups -OCH3 is 2. The number of benzene rings is 2. The van der Waals surface area contributed by atoms with E-state index in [1.54, 1.807) is 31.6 Å². The van der Waals surface area contributed by atoms with E-state index in [9.17, 15) is 4.39 Å². The molecule has 0 aliphatic rings. The van der Waals surface area contributed by atoms with Gasteiger partial charge in [-0.1, -0.05) is 41.0 Å². The quantitative estimate of drug-likeness (QED) is 0.214. The lowest BCUT2D eigenvalue weighted by molar-refractivity contribution is -0.126. The zero-order valence-electron chi connectivity index (χ0n) is 18.1. The lowest BCUT2D eigenvalue weighted by Gasteiger charge is -2.12. The second kappa shape index (κ2) is 15.0. The van der Waals surface area contributed by atoms with Gasteiger partial charge < -0.3 is 19.0 Å². The van der Waals surface area contributed by atoms with Crippen molar-refractivity contribution in [3.8, 4) is 0 Å². The van der Waals surface area contributed by atoms with E-state index in [0.29, 0.717) is 29.4 Å². The van der Waals surface area contributed by atoms with Crippen LogP contribution in [0.4, 0.5) is 4.39 Å². The average molecular weight is 452 g/mol. The minimum atomic E-state index is -0.342. The number of carbonyl (C=O) groups excluding carboxylic acids is 1. The monoisotopic (exact) mass is 451 g/mol. The molecule has 0 N–H and O–H groups in total. The van der Waals surface area contributed by atoms with Crippen molar-refractivity contribution in [1.29, 1.82) is 0 Å². The molecule has 0 aromatic heterocycles.